The molecule has 1 N–H and O–H groups in total. The van der Waals surface area contributed by atoms with Crippen molar-refractivity contribution in [3.63, 3.8) is 0 Å². The number of carbonyl (C=O) groups excluding carboxylic acids is 2. The average Bonchev–Trinajstić information content (AvgIpc) is 3.45. The van der Waals surface area contributed by atoms with Gasteiger partial charge in [0.1, 0.15) is 16.9 Å². The molecule has 1 atom stereocenters. The third kappa shape index (κ3) is 4.13. The molecular weight excluding hydrogens is 438 g/mol. The standard InChI is InChI=1S/C26H21NO7/c1-15(33-25(28)10-8-16-7-9-21-24(11-16)32-14-31-21)26(29)27-19-13-22-18(12-23(19)30-2)17-5-3-4-6-20(17)34-22/h3-13,15H,14H2,1-2H3,(H,27,29)/b10-8+. The Morgan fingerprint density at radius 2 is 1.82 bits per heavy atom. The summed E-state index contributed by atoms with van der Waals surface area (Å²) in [5.74, 6) is 0.576. The lowest BCUT2D eigenvalue weighted by Crippen LogP contribution is -2.29. The van der Waals surface area contributed by atoms with E-state index in [-0.39, 0.29) is 6.79 Å². The number of benzene rings is 3. The minimum atomic E-state index is -1.04. The molecule has 5 rings (SSSR count). The van der Waals surface area contributed by atoms with Crippen LogP contribution in [-0.2, 0) is 14.3 Å². The van der Waals surface area contributed by atoms with Gasteiger partial charge in [0.15, 0.2) is 17.6 Å². The molecule has 172 valence electrons. The normalized spacial score (nSPS) is 13.4. The summed E-state index contributed by atoms with van der Waals surface area (Å²) >= 11 is 0. The lowest BCUT2D eigenvalue weighted by atomic mass is 10.1. The van der Waals surface area contributed by atoms with E-state index >= 15 is 0 Å². The Bertz CT molecular complexity index is 1440. The smallest absolute Gasteiger partial charge is 0.331 e. The first-order chi connectivity index (χ1) is 16.5. The summed E-state index contributed by atoms with van der Waals surface area (Å²) in [4.78, 5) is 24.9. The van der Waals surface area contributed by atoms with Gasteiger partial charge >= 0.3 is 5.97 Å². The Balaban J connectivity index is 1.27. The average molecular weight is 459 g/mol. The molecule has 0 saturated heterocycles. The van der Waals surface area contributed by atoms with Crippen LogP contribution in [0, 0.1) is 0 Å². The number of amides is 1. The van der Waals surface area contributed by atoms with Gasteiger partial charge in [0, 0.05) is 22.9 Å². The summed E-state index contributed by atoms with van der Waals surface area (Å²) < 4.78 is 27.2. The van der Waals surface area contributed by atoms with Gasteiger partial charge in [-0.2, -0.15) is 0 Å². The Labute approximate surface area is 194 Å². The van der Waals surface area contributed by atoms with Gasteiger partial charge in [-0.3, -0.25) is 4.79 Å². The number of para-hydroxylation sites is 1. The lowest BCUT2D eigenvalue weighted by Gasteiger charge is -2.14. The lowest BCUT2D eigenvalue weighted by molar-refractivity contribution is -0.148. The molecule has 2 heterocycles. The van der Waals surface area contributed by atoms with Crippen LogP contribution in [0.15, 0.2) is 65.1 Å². The highest BCUT2D eigenvalue weighted by Gasteiger charge is 2.20. The van der Waals surface area contributed by atoms with Crippen molar-refractivity contribution in [2.45, 2.75) is 13.0 Å². The van der Waals surface area contributed by atoms with E-state index in [1.54, 1.807) is 30.3 Å². The fraction of sp³-hybridized carbons (Fsp3) is 0.154. The molecule has 8 nitrogen and oxygen atoms in total. The van der Waals surface area contributed by atoms with Crippen molar-refractivity contribution in [2.75, 3.05) is 19.2 Å². The van der Waals surface area contributed by atoms with Crippen molar-refractivity contribution in [3.05, 3.63) is 66.2 Å². The third-order valence-electron chi connectivity index (χ3n) is 5.43. The second kappa shape index (κ2) is 8.82. The molecule has 0 saturated carbocycles. The van der Waals surface area contributed by atoms with Gasteiger partial charge in [0.05, 0.1) is 12.8 Å². The highest BCUT2D eigenvalue weighted by Crippen LogP contribution is 2.36. The Morgan fingerprint density at radius 3 is 2.68 bits per heavy atom. The largest absolute Gasteiger partial charge is 0.495 e. The van der Waals surface area contributed by atoms with Gasteiger partial charge in [0.25, 0.3) is 5.91 Å². The minimum absolute atomic E-state index is 0.172. The maximum atomic E-state index is 12.7. The molecule has 1 aliphatic heterocycles. The summed E-state index contributed by atoms with van der Waals surface area (Å²) in [7, 11) is 1.52. The van der Waals surface area contributed by atoms with E-state index in [4.69, 9.17) is 23.4 Å². The second-order valence-corrected chi connectivity index (χ2v) is 7.66. The molecule has 0 fully saturated rings. The van der Waals surface area contributed by atoms with Gasteiger partial charge < -0.3 is 28.7 Å². The van der Waals surface area contributed by atoms with Crippen LogP contribution in [0.25, 0.3) is 28.0 Å². The summed E-state index contributed by atoms with van der Waals surface area (Å²) in [5.41, 5.74) is 2.49. The first kappa shape index (κ1) is 21.4. The van der Waals surface area contributed by atoms with E-state index < -0.39 is 18.0 Å². The van der Waals surface area contributed by atoms with Crippen LogP contribution in [-0.4, -0.2) is 31.9 Å². The zero-order chi connectivity index (χ0) is 23.7. The maximum Gasteiger partial charge on any atom is 0.331 e. The van der Waals surface area contributed by atoms with Crippen LogP contribution in [0.2, 0.25) is 0 Å². The van der Waals surface area contributed by atoms with Crippen molar-refractivity contribution in [1.82, 2.24) is 0 Å². The first-order valence-corrected chi connectivity index (χ1v) is 10.6. The quantitative estimate of drug-likeness (QED) is 0.323. The Kier molecular flexibility index (Phi) is 5.55. The fourth-order valence-electron chi connectivity index (χ4n) is 3.70. The minimum Gasteiger partial charge on any atom is -0.495 e. The number of furan rings is 1. The van der Waals surface area contributed by atoms with Crippen molar-refractivity contribution >= 4 is 45.6 Å². The number of hydrogen-bond donors (Lipinski definition) is 1. The van der Waals surface area contributed by atoms with E-state index in [1.165, 1.54) is 20.1 Å². The molecule has 0 bridgehead atoms. The van der Waals surface area contributed by atoms with Gasteiger partial charge in [0.2, 0.25) is 6.79 Å². The highest BCUT2D eigenvalue weighted by molar-refractivity contribution is 6.08. The molecule has 1 aliphatic rings. The molecule has 4 aromatic rings. The van der Waals surface area contributed by atoms with Gasteiger partial charge in [-0.15, -0.1) is 0 Å². The molecule has 0 aliphatic carbocycles. The molecule has 8 heteroatoms. The van der Waals surface area contributed by atoms with Crippen LogP contribution >= 0.6 is 0 Å². The maximum absolute atomic E-state index is 12.7. The topological polar surface area (TPSA) is 96.2 Å². The predicted octanol–water partition coefficient (Wildman–Crippen LogP) is 4.91. The van der Waals surface area contributed by atoms with Gasteiger partial charge in [-0.05, 0) is 42.8 Å². The van der Waals surface area contributed by atoms with E-state index in [0.717, 1.165) is 21.9 Å². The molecule has 3 aromatic carbocycles. The number of hydrogen-bond acceptors (Lipinski definition) is 7. The molecule has 1 amide bonds. The number of esters is 1. The number of fused-ring (bicyclic) bond motifs is 4. The van der Waals surface area contributed by atoms with Crippen LogP contribution < -0.4 is 19.5 Å². The summed E-state index contributed by atoms with van der Waals surface area (Å²) in [6, 6.07) is 16.4. The van der Waals surface area contributed by atoms with E-state index in [2.05, 4.69) is 5.32 Å². The van der Waals surface area contributed by atoms with Crippen LogP contribution in [0.5, 0.6) is 17.2 Å². The molecule has 0 spiro atoms. The molecule has 1 aromatic heterocycles. The molecule has 0 radical (unpaired) electrons. The van der Waals surface area contributed by atoms with E-state index in [9.17, 15) is 9.59 Å². The monoisotopic (exact) mass is 459 g/mol. The van der Waals surface area contributed by atoms with Gasteiger partial charge in [-0.1, -0.05) is 24.3 Å². The number of methoxy groups -OCH3 is 1. The second-order valence-electron chi connectivity index (χ2n) is 7.66. The van der Waals surface area contributed by atoms with Crippen LogP contribution in [0.4, 0.5) is 5.69 Å². The van der Waals surface area contributed by atoms with Crippen molar-refractivity contribution < 1.29 is 33.0 Å². The Hall–Kier alpha value is -4.46. The Morgan fingerprint density at radius 1 is 1.00 bits per heavy atom. The van der Waals surface area contributed by atoms with Crippen molar-refractivity contribution in [2.24, 2.45) is 0 Å². The summed E-state index contributed by atoms with van der Waals surface area (Å²) in [6.07, 6.45) is 1.79. The summed E-state index contributed by atoms with van der Waals surface area (Å²) in [6.45, 7) is 1.67. The molecule has 34 heavy (non-hydrogen) atoms. The first-order valence-electron chi connectivity index (χ1n) is 10.6. The van der Waals surface area contributed by atoms with Crippen molar-refractivity contribution in [1.29, 1.82) is 0 Å². The summed E-state index contributed by atoms with van der Waals surface area (Å²) in [5, 5.41) is 4.57. The highest BCUT2D eigenvalue weighted by atomic mass is 16.7. The van der Waals surface area contributed by atoms with E-state index in [0.29, 0.717) is 28.5 Å². The predicted molar refractivity (Wildman–Crippen MR) is 126 cm³/mol. The van der Waals surface area contributed by atoms with Crippen molar-refractivity contribution in [3.8, 4) is 17.2 Å². The number of nitrogens with one attached hydrogen (secondary N) is 1. The fourth-order valence-corrected chi connectivity index (χ4v) is 3.70. The number of anilines is 1. The zero-order valence-electron chi connectivity index (χ0n) is 18.5. The van der Waals surface area contributed by atoms with Crippen LogP contribution in [0.3, 0.4) is 0 Å². The van der Waals surface area contributed by atoms with E-state index in [1.807, 2.05) is 30.3 Å². The molecular formula is C26H21NO7. The van der Waals surface area contributed by atoms with Crippen LogP contribution in [0.1, 0.15) is 12.5 Å². The third-order valence-corrected chi connectivity index (χ3v) is 5.43. The number of carbonyl (C=O) groups is 2. The van der Waals surface area contributed by atoms with Gasteiger partial charge in [-0.25, -0.2) is 4.79 Å². The number of ether oxygens (including phenoxy) is 4. The molecule has 1 unspecified atom stereocenters. The zero-order valence-corrected chi connectivity index (χ0v) is 18.5. The number of rotatable bonds is 6. The SMILES string of the molecule is COc1cc2c(cc1NC(=O)C(C)OC(=O)/C=C/c1ccc3c(c1)OCO3)oc1ccccc12.